The molecule has 0 saturated carbocycles. The summed E-state index contributed by atoms with van der Waals surface area (Å²) in [6, 6.07) is 0. The van der Waals surface area contributed by atoms with Crippen LogP contribution in [0.4, 0.5) is 13.2 Å². The van der Waals surface area contributed by atoms with Crippen LogP contribution in [-0.4, -0.2) is 40.3 Å². The van der Waals surface area contributed by atoms with E-state index in [4.69, 9.17) is 21.1 Å². The molecule has 0 amide bonds. The number of imidazole rings is 1. The number of nitrogens with one attached hydrogen (secondary N) is 1. The van der Waals surface area contributed by atoms with Crippen LogP contribution in [0.5, 0.6) is 0 Å². The molecule has 1 heterocycles. The van der Waals surface area contributed by atoms with Gasteiger partial charge in [-0.05, 0) is 5.41 Å². The number of alkyl halides is 4. The Bertz CT molecular complexity index is 538. The van der Waals surface area contributed by atoms with Gasteiger partial charge in [0, 0.05) is 24.2 Å². The lowest BCUT2D eigenvalue weighted by molar-refractivity contribution is -0.176. The summed E-state index contributed by atoms with van der Waals surface area (Å²) in [7, 11) is 0. The summed E-state index contributed by atoms with van der Waals surface area (Å²) in [6.07, 6.45) is 1.59. The highest BCUT2D eigenvalue weighted by Gasteiger charge is 2.61. The van der Waals surface area contributed by atoms with Gasteiger partial charge in [0.2, 0.25) is 0 Å². The smallest absolute Gasteiger partial charge is 0.298 e. The molecule has 1 aromatic heterocycles. The standard InChI is InChI=1S/C18H30ClF3N2O2/c1-15(2,3)13(11-17(20,21)18(19,22)16(4,5)6)26-10-9-25-12-14-23-7-8-24-14/h7-8,13H,9-12H2,1-6H3,(H,23,24). The Morgan fingerprint density at radius 3 is 2.19 bits per heavy atom. The van der Waals surface area contributed by atoms with Crippen LogP contribution in [0.1, 0.15) is 53.8 Å². The molecule has 0 aliphatic heterocycles. The van der Waals surface area contributed by atoms with Crippen molar-refractivity contribution >= 4 is 11.6 Å². The van der Waals surface area contributed by atoms with Crippen LogP contribution >= 0.6 is 11.6 Å². The lowest BCUT2D eigenvalue weighted by Crippen LogP contribution is -2.52. The highest BCUT2D eigenvalue weighted by atomic mass is 35.5. The number of hydrogen-bond acceptors (Lipinski definition) is 3. The summed E-state index contributed by atoms with van der Waals surface area (Å²) in [5.41, 5.74) is -2.04. The fourth-order valence-corrected chi connectivity index (χ4v) is 2.40. The number of hydrogen-bond donors (Lipinski definition) is 1. The molecule has 0 aliphatic rings. The van der Waals surface area contributed by atoms with Crippen molar-refractivity contribution in [3.63, 3.8) is 0 Å². The molecule has 0 radical (unpaired) electrons. The van der Waals surface area contributed by atoms with Gasteiger partial charge in [0.25, 0.3) is 11.1 Å². The second kappa shape index (κ2) is 8.48. The van der Waals surface area contributed by atoms with Gasteiger partial charge >= 0.3 is 0 Å². The Hall–Kier alpha value is -0.790. The Morgan fingerprint density at radius 2 is 1.73 bits per heavy atom. The van der Waals surface area contributed by atoms with Crippen LogP contribution in [0.2, 0.25) is 0 Å². The number of H-pyrrole nitrogens is 1. The minimum absolute atomic E-state index is 0.107. The van der Waals surface area contributed by atoms with E-state index in [9.17, 15) is 13.2 Å². The predicted octanol–water partition coefficient (Wildman–Crippen LogP) is 5.33. The second-order valence-electron chi connectivity index (χ2n) is 8.55. The molecular weight excluding hydrogens is 369 g/mol. The quantitative estimate of drug-likeness (QED) is 0.451. The van der Waals surface area contributed by atoms with E-state index in [-0.39, 0.29) is 19.8 Å². The Kier molecular flexibility index (Phi) is 7.59. The van der Waals surface area contributed by atoms with Crippen LogP contribution in [0.3, 0.4) is 0 Å². The van der Waals surface area contributed by atoms with Crippen LogP contribution in [0.25, 0.3) is 0 Å². The van der Waals surface area contributed by atoms with Gasteiger partial charge in [-0.25, -0.2) is 18.2 Å². The van der Waals surface area contributed by atoms with E-state index >= 15 is 0 Å². The fraction of sp³-hybridized carbons (Fsp3) is 0.833. The molecule has 0 spiro atoms. The number of aromatic amines is 1. The lowest BCUT2D eigenvalue weighted by atomic mass is 9.79. The van der Waals surface area contributed by atoms with E-state index in [2.05, 4.69) is 9.97 Å². The molecule has 152 valence electrons. The Labute approximate surface area is 158 Å². The Balaban J connectivity index is 2.63. The molecule has 8 heteroatoms. The van der Waals surface area contributed by atoms with Gasteiger partial charge in [0.15, 0.2) is 0 Å². The molecule has 2 atom stereocenters. The summed E-state index contributed by atoms with van der Waals surface area (Å²) in [4.78, 5) is 6.90. The number of nitrogens with zero attached hydrogens (tertiary/aromatic N) is 1. The van der Waals surface area contributed by atoms with Crippen LogP contribution in [-0.2, 0) is 16.1 Å². The number of ether oxygens (including phenoxy) is 2. The van der Waals surface area contributed by atoms with Crippen molar-refractivity contribution in [1.82, 2.24) is 9.97 Å². The Morgan fingerprint density at radius 1 is 1.12 bits per heavy atom. The van der Waals surface area contributed by atoms with Gasteiger partial charge in [-0.3, -0.25) is 0 Å². The molecule has 0 bridgehead atoms. The average molecular weight is 399 g/mol. The van der Waals surface area contributed by atoms with E-state index in [0.29, 0.717) is 5.82 Å². The lowest BCUT2D eigenvalue weighted by Gasteiger charge is -2.41. The molecule has 0 saturated heterocycles. The first-order chi connectivity index (χ1) is 11.7. The first-order valence-electron chi connectivity index (χ1n) is 8.62. The third kappa shape index (κ3) is 6.13. The molecule has 26 heavy (non-hydrogen) atoms. The van der Waals surface area contributed by atoms with Crippen molar-refractivity contribution in [3.8, 4) is 0 Å². The molecule has 1 aromatic rings. The number of halogens is 4. The van der Waals surface area contributed by atoms with Crippen molar-refractivity contribution in [2.45, 2.75) is 71.7 Å². The van der Waals surface area contributed by atoms with Gasteiger partial charge in [-0.15, -0.1) is 0 Å². The van der Waals surface area contributed by atoms with Gasteiger partial charge in [0.05, 0.1) is 19.3 Å². The number of rotatable bonds is 9. The zero-order valence-electron chi connectivity index (χ0n) is 16.3. The monoisotopic (exact) mass is 398 g/mol. The maximum atomic E-state index is 14.6. The first-order valence-corrected chi connectivity index (χ1v) is 8.99. The molecule has 2 unspecified atom stereocenters. The predicted molar refractivity (Wildman–Crippen MR) is 96.1 cm³/mol. The summed E-state index contributed by atoms with van der Waals surface area (Å²) in [5.74, 6) is -3.09. The van der Waals surface area contributed by atoms with Gasteiger partial charge in [-0.1, -0.05) is 53.1 Å². The molecular formula is C18H30ClF3N2O2. The van der Waals surface area contributed by atoms with Gasteiger partial charge < -0.3 is 14.5 Å². The minimum Gasteiger partial charge on any atom is -0.375 e. The molecule has 4 nitrogen and oxygen atoms in total. The van der Waals surface area contributed by atoms with Crippen LogP contribution < -0.4 is 0 Å². The van der Waals surface area contributed by atoms with Crippen LogP contribution in [0.15, 0.2) is 12.4 Å². The van der Waals surface area contributed by atoms with Crippen LogP contribution in [0, 0.1) is 10.8 Å². The second-order valence-corrected chi connectivity index (χ2v) is 9.07. The van der Waals surface area contributed by atoms with Crippen molar-refractivity contribution in [3.05, 3.63) is 18.2 Å². The summed E-state index contributed by atoms with van der Waals surface area (Å²) >= 11 is 5.63. The van der Waals surface area contributed by atoms with E-state index in [1.807, 2.05) is 0 Å². The third-order valence-corrected chi connectivity index (χ3v) is 4.99. The molecule has 0 aromatic carbocycles. The van der Waals surface area contributed by atoms with E-state index in [0.717, 1.165) is 0 Å². The highest BCUT2D eigenvalue weighted by Crippen LogP contribution is 2.52. The summed E-state index contributed by atoms with van der Waals surface area (Å²) in [5, 5.41) is -3.18. The summed E-state index contributed by atoms with van der Waals surface area (Å²) in [6.45, 7) is 9.94. The summed E-state index contributed by atoms with van der Waals surface area (Å²) < 4.78 is 54.9. The first kappa shape index (κ1) is 23.2. The minimum atomic E-state index is -3.75. The molecule has 0 fully saturated rings. The van der Waals surface area contributed by atoms with Crippen molar-refractivity contribution in [2.24, 2.45) is 10.8 Å². The van der Waals surface area contributed by atoms with Gasteiger partial charge in [0.1, 0.15) is 12.4 Å². The van der Waals surface area contributed by atoms with E-state index in [1.54, 1.807) is 33.2 Å². The normalized spacial score (nSPS) is 17.2. The van der Waals surface area contributed by atoms with Crippen molar-refractivity contribution in [1.29, 1.82) is 0 Å². The average Bonchev–Trinajstić information content (AvgIpc) is 2.96. The SMILES string of the molecule is CC(C)(C)C(CC(F)(F)C(F)(Cl)C(C)(C)C)OCCOCc1ncc[nH]1. The maximum Gasteiger partial charge on any atom is 0.298 e. The maximum absolute atomic E-state index is 14.6. The highest BCUT2D eigenvalue weighted by molar-refractivity contribution is 6.24. The fourth-order valence-electron chi connectivity index (χ4n) is 2.32. The largest absolute Gasteiger partial charge is 0.375 e. The van der Waals surface area contributed by atoms with Crippen molar-refractivity contribution < 1.29 is 22.6 Å². The van der Waals surface area contributed by atoms with Crippen molar-refractivity contribution in [2.75, 3.05) is 13.2 Å². The van der Waals surface area contributed by atoms with E-state index in [1.165, 1.54) is 20.8 Å². The zero-order chi connectivity index (χ0) is 20.2. The number of aromatic nitrogens is 2. The molecule has 1 rings (SSSR count). The zero-order valence-corrected chi connectivity index (χ0v) is 17.1. The molecule has 0 aliphatic carbocycles. The topological polar surface area (TPSA) is 47.1 Å². The van der Waals surface area contributed by atoms with E-state index < -0.39 is 34.4 Å². The third-order valence-electron chi connectivity index (χ3n) is 4.15. The molecule has 1 N–H and O–H groups in total. The van der Waals surface area contributed by atoms with Gasteiger partial charge in [-0.2, -0.15) is 0 Å².